The molecule has 0 aromatic heterocycles. The van der Waals surface area contributed by atoms with Gasteiger partial charge in [0.15, 0.2) is 0 Å². The fourth-order valence-electron chi connectivity index (χ4n) is 4.34. The summed E-state index contributed by atoms with van der Waals surface area (Å²) >= 11 is 0. The highest BCUT2D eigenvalue weighted by molar-refractivity contribution is 4.90. The van der Waals surface area contributed by atoms with Crippen LogP contribution in [0.1, 0.15) is 78.6 Å². The Morgan fingerprint density at radius 2 is 1.52 bits per heavy atom. The molecule has 0 amide bonds. The highest BCUT2D eigenvalue weighted by Crippen LogP contribution is 2.39. The molecule has 0 radical (unpaired) electrons. The number of piperidine rings is 1. The first-order valence-electron chi connectivity index (χ1n) is 9.54. The molecule has 1 aliphatic carbocycles. The first-order valence-corrected chi connectivity index (χ1v) is 9.54. The van der Waals surface area contributed by atoms with Gasteiger partial charge in [-0.25, -0.2) is 0 Å². The Labute approximate surface area is 133 Å². The van der Waals surface area contributed by atoms with Crippen LogP contribution in [0.3, 0.4) is 0 Å². The molecule has 2 aliphatic rings. The van der Waals surface area contributed by atoms with E-state index in [1.165, 1.54) is 84.0 Å². The van der Waals surface area contributed by atoms with Crippen LogP contribution in [0.4, 0.5) is 0 Å². The second-order valence-corrected chi connectivity index (χ2v) is 8.13. The van der Waals surface area contributed by atoms with Crippen LogP contribution in [0.2, 0.25) is 0 Å². The standard InChI is InChI=1S/C19H38N2/c1-4-18(3)12-14-21(15-13-18)17-19(16-20-5-2)10-8-6-7-9-11-19/h20H,4-17H2,1-3H3. The molecule has 1 heterocycles. The minimum absolute atomic E-state index is 0.562. The van der Waals surface area contributed by atoms with Crippen molar-refractivity contribution in [3.63, 3.8) is 0 Å². The molecule has 2 rings (SSSR count). The SMILES string of the molecule is CCNCC1(CN2CCC(C)(CC)CC2)CCCCCC1. The van der Waals surface area contributed by atoms with Crippen molar-refractivity contribution in [3.05, 3.63) is 0 Å². The van der Waals surface area contributed by atoms with E-state index in [1.807, 2.05) is 0 Å². The van der Waals surface area contributed by atoms with Crippen molar-refractivity contribution in [1.29, 1.82) is 0 Å². The molecule has 124 valence electrons. The van der Waals surface area contributed by atoms with Crippen molar-refractivity contribution >= 4 is 0 Å². The van der Waals surface area contributed by atoms with Gasteiger partial charge >= 0.3 is 0 Å². The van der Waals surface area contributed by atoms with E-state index in [9.17, 15) is 0 Å². The van der Waals surface area contributed by atoms with Crippen molar-refractivity contribution in [2.24, 2.45) is 10.8 Å². The Morgan fingerprint density at radius 3 is 2.05 bits per heavy atom. The second kappa shape index (κ2) is 7.97. The minimum Gasteiger partial charge on any atom is -0.316 e. The molecule has 1 saturated carbocycles. The molecule has 0 spiro atoms. The summed E-state index contributed by atoms with van der Waals surface area (Å²) in [4.78, 5) is 2.79. The van der Waals surface area contributed by atoms with Gasteiger partial charge < -0.3 is 10.2 Å². The van der Waals surface area contributed by atoms with Crippen LogP contribution in [0.25, 0.3) is 0 Å². The predicted molar refractivity (Wildman–Crippen MR) is 92.8 cm³/mol. The molecule has 0 atom stereocenters. The fourth-order valence-corrected chi connectivity index (χ4v) is 4.34. The first kappa shape index (κ1) is 17.3. The monoisotopic (exact) mass is 294 g/mol. The summed E-state index contributed by atoms with van der Waals surface area (Å²) in [6, 6.07) is 0. The Morgan fingerprint density at radius 1 is 0.905 bits per heavy atom. The van der Waals surface area contributed by atoms with Gasteiger partial charge in [0.25, 0.3) is 0 Å². The number of hydrogen-bond acceptors (Lipinski definition) is 2. The predicted octanol–water partition coefficient (Wildman–Crippen LogP) is 4.45. The van der Waals surface area contributed by atoms with Crippen LogP contribution in [-0.4, -0.2) is 37.6 Å². The molecule has 21 heavy (non-hydrogen) atoms. The lowest BCUT2D eigenvalue weighted by Gasteiger charge is -2.44. The summed E-state index contributed by atoms with van der Waals surface area (Å²) in [5.74, 6) is 0. The van der Waals surface area contributed by atoms with Gasteiger partial charge in [-0.05, 0) is 56.1 Å². The van der Waals surface area contributed by atoms with E-state index in [-0.39, 0.29) is 0 Å². The van der Waals surface area contributed by atoms with Gasteiger partial charge in [-0.15, -0.1) is 0 Å². The minimum atomic E-state index is 0.562. The van der Waals surface area contributed by atoms with E-state index in [4.69, 9.17) is 0 Å². The summed E-state index contributed by atoms with van der Waals surface area (Å²) in [7, 11) is 0. The van der Waals surface area contributed by atoms with Gasteiger partial charge in [0.1, 0.15) is 0 Å². The highest BCUT2D eigenvalue weighted by Gasteiger charge is 2.35. The molecule has 1 saturated heterocycles. The lowest BCUT2D eigenvalue weighted by Crippen LogP contribution is -2.48. The normalized spacial score (nSPS) is 26.4. The lowest BCUT2D eigenvalue weighted by molar-refractivity contribution is 0.0636. The molecule has 2 heteroatoms. The zero-order chi connectivity index (χ0) is 15.2. The van der Waals surface area contributed by atoms with Gasteiger partial charge in [0, 0.05) is 13.1 Å². The van der Waals surface area contributed by atoms with Gasteiger partial charge in [-0.3, -0.25) is 0 Å². The van der Waals surface area contributed by atoms with Crippen molar-refractivity contribution in [2.45, 2.75) is 78.6 Å². The summed E-state index contributed by atoms with van der Waals surface area (Å²) in [6.07, 6.45) is 12.9. The molecule has 0 aromatic rings. The quantitative estimate of drug-likeness (QED) is 0.728. The van der Waals surface area contributed by atoms with Crippen molar-refractivity contribution in [1.82, 2.24) is 10.2 Å². The molecule has 2 nitrogen and oxygen atoms in total. The Kier molecular flexibility index (Phi) is 6.55. The van der Waals surface area contributed by atoms with E-state index < -0.39 is 0 Å². The Balaban J connectivity index is 1.92. The third-order valence-corrected chi connectivity index (χ3v) is 6.39. The molecule has 1 aliphatic heterocycles. The van der Waals surface area contributed by atoms with Crippen LogP contribution in [0.15, 0.2) is 0 Å². The van der Waals surface area contributed by atoms with E-state index in [2.05, 4.69) is 31.0 Å². The van der Waals surface area contributed by atoms with Gasteiger partial charge in [0.2, 0.25) is 0 Å². The van der Waals surface area contributed by atoms with Crippen LogP contribution < -0.4 is 5.32 Å². The van der Waals surface area contributed by atoms with E-state index in [0.717, 1.165) is 6.54 Å². The topological polar surface area (TPSA) is 15.3 Å². The second-order valence-electron chi connectivity index (χ2n) is 8.13. The third-order valence-electron chi connectivity index (χ3n) is 6.39. The van der Waals surface area contributed by atoms with E-state index in [0.29, 0.717) is 10.8 Å². The van der Waals surface area contributed by atoms with Crippen LogP contribution >= 0.6 is 0 Å². The summed E-state index contributed by atoms with van der Waals surface area (Å²) in [6.45, 7) is 13.5. The zero-order valence-electron chi connectivity index (χ0n) is 14.8. The van der Waals surface area contributed by atoms with Crippen molar-refractivity contribution in [3.8, 4) is 0 Å². The van der Waals surface area contributed by atoms with Gasteiger partial charge in [0.05, 0.1) is 0 Å². The maximum absolute atomic E-state index is 3.68. The molecule has 1 N–H and O–H groups in total. The first-order chi connectivity index (χ1) is 10.1. The van der Waals surface area contributed by atoms with Crippen molar-refractivity contribution < 1.29 is 0 Å². The zero-order valence-corrected chi connectivity index (χ0v) is 14.8. The molecule has 0 bridgehead atoms. The van der Waals surface area contributed by atoms with E-state index >= 15 is 0 Å². The van der Waals surface area contributed by atoms with Gasteiger partial charge in [-0.1, -0.05) is 52.9 Å². The summed E-state index contributed by atoms with van der Waals surface area (Å²) in [5, 5.41) is 3.68. The lowest BCUT2D eigenvalue weighted by atomic mass is 9.76. The molecular formula is C19H38N2. The molecule has 0 unspecified atom stereocenters. The van der Waals surface area contributed by atoms with Crippen LogP contribution in [0, 0.1) is 10.8 Å². The number of nitrogens with zero attached hydrogens (tertiary/aromatic N) is 1. The average Bonchev–Trinajstić information content (AvgIpc) is 2.74. The molecular weight excluding hydrogens is 256 g/mol. The number of nitrogens with one attached hydrogen (secondary N) is 1. The Hall–Kier alpha value is -0.0800. The number of rotatable bonds is 6. The maximum atomic E-state index is 3.68. The fraction of sp³-hybridized carbons (Fsp3) is 1.00. The average molecular weight is 295 g/mol. The molecule has 2 fully saturated rings. The van der Waals surface area contributed by atoms with Gasteiger partial charge in [-0.2, -0.15) is 0 Å². The largest absolute Gasteiger partial charge is 0.316 e. The number of likely N-dealkylation sites (tertiary alicyclic amines) is 1. The highest BCUT2D eigenvalue weighted by atomic mass is 15.1. The third kappa shape index (κ3) is 4.96. The van der Waals surface area contributed by atoms with Crippen molar-refractivity contribution in [2.75, 3.05) is 32.7 Å². The summed E-state index contributed by atoms with van der Waals surface area (Å²) < 4.78 is 0. The van der Waals surface area contributed by atoms with E-state index in [1.54, 1.807) is 0 Å². The number of hydrogen-bond donors (Lipinski definition) is 1. The smallest absolute Gasteiger partial charge is 0.00501 e. The molecule has 0 aromatic carbocycles. The summed E-state index contributed by atoms with van der Waals surface area (Å²) in [5.41, 5.74) is 1.18. The maximum Gasteiger partial charge on any atom is 0.00501 e. The Bertz CT molecular complexity index is 284. The van der Waals surface area contributed by atoms with Crippen LogP contribution in [0.5, 0.6) is 0 Å². The van der Waals surface area contributed by atoms with Crippen LogP contribution in [-0.2, 0) is 0 Å².